The van der Waals surface area contributed by atoms with Gasteiger partial charge in [0.05, 0.1) is 16.9 Å². The number of para-hydroxylation sites is 1. The van der Waals surface area contributed by atoms with E-state index in [9.17, 15) is 5.11 Å². The van der Waals surface area contributed by atoms with Crippen molar-refractivity contribution in [1.82, 2.24) is 10.6 Å². The molecule has 1 aromatic carbocycles. The van der Waals surface area contributed by atoms with Crippen LogP contribution in [0, 0.1) is 0 Å². The van der Waals surface area contributed by atoms with Crippen molar-refractivity contribution < 1.29 is 9.52 Å². The van der Waals surface area contributed by atoms with Crippen LogP contribution in [0.25, 0.3) is 11.0 Å². The lowest BCUT2D eigenvalue weighted by Gasteiger charge is -2.16. The molecule has 0 bridgehead atoms. The van der Waals surface area contributed by atoms with E-state index in [1.807, 2.05) is 50.2 Å². The fourth-order valence-corrected chi connectivity index (χ4v) is 3.63. The minimum absolute atomic E-state index is 0.0616. The highest BCUT2D eigenvalue weighted by molar-refractivity contribution is 7.16. The number of aliphatic hydroxyl groups excluding tert-OH is 1. The predicted octanol–water partition coefficient (Wildman–Crippen LogP) is 4.50. The van der Waals surface area contributed by atoms with E-state index < -0.39 is 6.10 Å². The Kier molecular flexibility index (Phi) is 6.19. The second-order valence-electron chi connectivity index (χ2n) is 5.93. The molecule has 0 fully saturated rings. The molecular weight excluding hydrogens is 370 g/mol. The molecule has 138 valence electrons. The first-order valence-electron chi connectivity index (χ1n) is 8.53. The van der Waals surface area contributed by atoms with Gasteiger partial charge in [0, 0.05) is 16.8 Å². The first kappa shape index (κ1) is 18.8. The minimum atomic E-state index is -0.676. The first-order valence-corrected chi connectivity index (χ1v) is 9.73. The Morgan fingerprint density at radius 1 is 1.31 bits per heavy atom. The molecular formula is C19H22ClN3O2S. The normalized spacial score (nSPS) is 14.4. The summed E-state index contributed by atoms with van der Waals surface area (Å²) in [6.07, 6.45) is -0.676. The highest BCUT2D eigenvalue weighted by atomic mass is 35.5. The number of aliphatic imine (C=N–C) groups is 1. The zero-order valence-electron chi connectivity index (χ0n) is 14.7. The van der Waals surface area contributed by atoms with Crippen LogP contribution in [0.15, 0.2) is 51.9 Å². The number of fused-ring (bicyclic) bond motifs is 1. The highest BCUT2D eigenvalue weighted by Gasteiger charge is 2.14. The van der Waals surface area contributed by atoms with E-state index in [0.717, 1.165) is 28.2 Å². The van der Waals surface area contributed by atoms with Crippen LogP contribution in [-0.4, -0.2) is 24.2 Å². The number of rotatable bonds is 6. The van der Waals surface area contributed by atoms with Crippen LogP contribution in [0.5, 0.6) is 0 Å². The number of halogens is 1. The number of hydrogen-bond donors (Lipinski definition) is 3. The number of hydrogen-bond acceptors (Lipinski definition) is 4. The minimum Gasteiger partial charge on any atom is -0.459 e. The predicted molar refractivity (Wildman–Crippen MR) is 108 cm³/mol. The molecule has 0 aliphatic heterocycles. The number of guanidine groups is 1. The maximum absolute atomic E-state index is 10.3. The van der Waals surface area contributed by atoms with Crippen molar-refractivity contribution in [2.45, 2.75) is 26.0 Å². The SMILES string of the molecule is CCNC(=NCC(O)c1ccc(Cl)s1)NC(C)c1cc2ccccc2o1. The van der Waals surface area contributed by atoms with E-state index in [1.165, 1.54) is 11.3 Å². The summed E-state index contributed by atoms with van der Waals surface area (Å²) < 4.78 is 6.56. The van der Waals surface area contributed by atoms with Crippen molar-refractivity contribution in [3.8, 4) is 0 Å². The largest absolute Gasteiger partial charge is 0.459 e. The van der Waals surface area contributed by atoms with Gasteiger partial charge in [-0.15, -0.1) is 11.3 Å². The van der Waals surface area contributed by atoms with E-state index in [1.54, 1.807) is 6.07 Å². The van der Waals surface area contributed by atoms with Crippen molar-refractivity contribution in [3.05, 3.63) is 57.4 Å². The lowest BCUT2D eigenvalue weighted by atomic mass is 10.2. The molecule has 26 heavy (non-hydrogen) atoms. The highest BCUT2D eigenvalue weighted by Crippen LogP contribution is 2.27. The Morgan fingerprint density at radius 2 is 2.12 bits per heavy atom. The van der Waals surface area contributed by atoms with Crippen molar-refractivity contribution >= 4 is 39.9 Å². The zero-order valence-corrected chi connectivity index (χ0v) is 16.3. The molecule has 0 saturated carbocycles. The topological polar surface area (TPSA) is 69.8 Å². The molecule has 3 N–H and O–H groups in total. The summed E-state index contributed by atoms with van der Waals surface area (Å²) in [5.41, 5.74) is 0.864. The number of thiophene rings is 1. The standard InChI is InChI=1S/C19H22ClN3O2S/c1-3-21-19(22-11-14(24)17-8-9-18(20)26-17)23-12(2)16-10-13-6-4-5-7-15(13)25-16/h4-10,12,14,24H,3,11H2,1-2H3,(H2,21,22,23). The first-order chi connectivity index (χ1) is 12.6. The molecule has 2 aromatic heterocycles. The summed E-state index contributed by atoms with van der Waals surface area (Å²) in [4.78, 5) is 5.29. The third kappa shape index (κ3) is 4.58. The van der Waals surface area contributed by atoms with Crippen LogP contribution in [0.1, 0.15) is 36.6 Å². The Labute approximate surface area is 161 Å². The third-order valence-corrected chi connectivity index (χ3v) is 5.25. The molecule has 0 saturated heterocycles. The smallest absolute Gasteiger partial charge is 0.191 e. The van der Waals surface area contributed by atoms with Crippen LogP contribution in [0.2, 0.25) is 4.34 Å². The number of aliphatic hydroxyl groups is 1. The molecule has 2 atom stereocenters. The van der Waals surface area contributed by atoms with E-state index >= 15 is 0 Å². The summed E-state index contributed by atoms with van der Waals surface area (Å²) in [5, 5.41) is 17.9. The van der Waals surface area contributed by atoms with Crippen molar-refractivity contribution in [1.29, 1.82) is 0 Å². The van der Waals surface area contributed by atoms with Gasteiger partial charge in [0.25, 0.3) is 0 Å². The van der Waals surface area contributed by atoms with Crippen molar-refractivity contribution in [2.24, 2.45) is 4.99 Å². The fourth-order valence-electron chi connectivity index (χ4n) is 2.59. The zero-order chi connectivity index (χ0) is 18.5. The number of nitrogens with one attached hydrogen (secondary N) is 2. The molecule has 5 nitrogen and oxygen atoms in total. The second-order valence-corrected chi connectivity index (χ2v) is 7.68. The van der Waals surface area contributed by atoms with Gasteiger partial charge >= 0.3 is 0 Å². The Morgan fingerprint density at radius 3 is 2.81 bits per heavy atom. The molecule has 0 aliphatic rings. The van der Waals surface area contributed by atoms with E-state index in [2.05, 4.69) is 15.6 Å². The summed E-state index contributed by atoms with van der Waals surface area (Å²) in [5.74, 6) is 1.46. The van der Waals surface area contributed by atoms with Crippen LogP contribution in [-0.2, 0) is 0 Å². The summed E-state index contributed by atoms with van der Waals surface area (Å²) in [6.45, 7) is 4.98. The molecule has 0 radical (unpaired) electrons. The molecule has 0 spiro atoms. The van der Waals surface area contributed by atoms with Gasteiger partial charge in [-0.3, -0.25) is 4.99 Å². The molecule has 0 aliphatic carbocycles. The second kappa shape index (κ2) is 8.58. The van der Waals surface area contributed by atoms with Gasteiger partial charge in [0.1, 0.15) is 17.4 Å². The molecule has 0 amide bonds. The lowest BCUT2D eigenvalue weighted by Crippen LogP contribution is -2.39. The van der Waals surface area contributed by atoms with Crippen molar-refractivity contribution in [2.75, 3.05) is 13.1 Å². The van der Waals surface area contributed by atoms with Gasteiger partial charge in [-0.1, -0.05) is 29.8 Å². The number of furan rings is 1. The van der Waals surface area contributed by atoms with Crippen LogP contribution < -0.4 is 10.6 Å². The maximum Gasteiger partial charge on any atom is 0.191 e. The molecule has 3 rings (SSSR count). The Bertz CT molecular complexity index is 857. The Hall–Kier alpha value is -2.02. The molecule has 3 aromatic rings. The van der Waals surface area contributed by atoms with E-state index in [4.69, 9.17) is 16.0 Å². The van der Waals surface area contributed by atoms with Gasteiger partial charge in [-0.25, -0.2) is 0 Å². The monoisotopic (exact) mass is 391 g/mol. The quantitative estimate of drug-likeness (QED) is 0.427. The number of nitrogens with zero attached hydrogens (tertiary/aromatic N) is 1. The van der Waals surface area contributed by atoms with E-state index in [0.29, 0.717) is 10.3 Å². The third-order valence-electron chi connectivity index (χ3n) is 3.91. The molecule has 2 heterocycles. The molecule has 2 unspecified atom stereocenters. The van der Waals surface area contributed by atoms with Crippen LogP contribution >= 0.6 is 22.9 Å². The lowest BCUT2D eigenvalue weighted by molar-refractivity contribution is 0.191. The summed E-state index contributed by atoms with van der Waals surface area (Å²) in [6, 6.07) is 13.5. The average Bonchev–Trinajstić information content (AvgIpc) is 3.25. The van der Waals surface area contributed by atoms with Gasteiger partial charge in [-0.05, 0) is 38.1 Å². The Balaban J connectivity index is 1.68. The van der Waals surface area contributed by atoms with Crippen LogP contribution in [0.3, 0.4) is 0 Å². The maximum atomic E-state index is 10.3. The average molecular weight is 392 g/mol. The summed E-state index contributed by atoms with van der Waals surface area (Å²) >= 11 is 7.29. The molecule has 7 heteroatoms. The van der Waals surface area contributed by atoms with Gasteiger partial charge in [0.2, 0.25) is 0 Å². The van der Waals surface area contributed by atoms with Gasteiger partial charge in [0.15, 0.2) is 5.96 Å². The fraction of sp³-hybridized carbons (Fsp3) is 0.316. The van der Waals surface area contributed by atoms with Gasteiger partial charge < -0.3 is 20.2 Å². The number of benzene rings is 1. The summed E-state index contributed by atoms with van der Waals surface area (Å²) in [7, 11) is 0. The van der Waals surface area contributed by atoms with Crippen molar-refractivity contribution in [3.63, 3.8) is 0 Å². The van der Waals surface area contributed by atoms with Crippen LogP contribution in [0.4, 0.5) is 0 Å². The van der Waals surface area contributed by atoms with Gasteiger partial charge in [-0.2, -0.15) is 0 Å². The van der Waals surface area contributed by atoms with E-state index in [-0.39, 0.29) is 12.6 Å².